The van der Waals surface area contributed by atoms with Crippen LogP contribution in [0.1, 0.15) is 5.89 Å². The minimum absolute atomic E-state index is 0.00391. The molecule has 0 atom stereocenters. The van der Waals surface area contributed by atoms with Gasteiger partial charge in [-0.2, -0.15) is 4.98 Å². The summed E-state index contributed by atoms with van der Waals surface area (Å²) in [5.74, 6) is 0.487. The Kier molecular flexibility index (Phi) is 4.64. The normalized spacial score (nSPS) is 10.9. The molecule has 0 spiro atoms. The average Bonchev–Trinajstić information content (AvgIpc) is 2.87. The van der Waals surface area contributed by atoms with Crippen LogP contribution in [0.3, 0.4) is 0 Å². The van der Waals surface area contributed by atoms with E-state index in [1.165, 1.54) is 17.0 Å². The monoisotopic (exact) mass is 292 g/mol. The molecule has 112 valence electrons. The molecule has 0 aliphatic rings. The Morgan fingerprint density at radius 3 is 2.52 bits per heavy atom. The number of nitrogens with zero attached hydrogens (tertiary/aromatic N) is 4. The van der Waals surface area contributed by atoms with Crippen molar-refractivity contribution in [2.75, 3.05) is 27.7 Å². The molecule has 0 fully saturated rings. The lowest BCUT2D eigenvalue weighted by Gasteiger charge is -2.16. The zero-order valence-corrected chi connectivity index (χ0v) is 12.2. The molecular formula is C14H17FN4O2. The summed E-state index contributed by atoms with van der Waals surface area (Å²) in [5, 5.41) is 3.85. The first-order valence-corrected chi connectivity index (χ1v) is 6.43. The molecule has 0 saturated carbocycles. The number of amides is 1. The Morgan fingerprint density at radius 2 is 1.90 bits per heavy atom. The van der Waals surface area contributed by atoms with Gasteiger partial charge in [0.1, 0.15) is 5.82 Å². The maximum atomic E-state index is 12.9. The maximum absolute atomic E-state index is 12.9. The van der Waals surface area contributed by atoms with E-state index in [9.17, 15) is 9.18 Å². The van der Waals surface area contributed by atoms with Crippen LogP contribution in [0.2, 0.25) is 0 Å². The molecule has 0 unspecified atom stereocenters. The molecule has 21 heavy (non-hydrogen) atoms. The molecule has 0 aliphatic heterocycles. The van der Waals surface area contributed by atoms with Gasteiger partial charge in [-0.1, -0.05) is 5.16 Å². The van der Waals surface area contributed by atoms with Crippen LogP contribution in [0, 0.1) is 5.82 Å². The van der Waals surface area contributed by atoms with Crippen molar-refractivity contribution in [1.29, 1.82) is 0 Å². The van der Waals surface area contributed by atoms with Gasteiger partial charge in [0.25, 0.3) is 0 Å². The molecule has 7 heteroatoms. The van der Waals surface area contributed by atoms with Crippen LogP contribution in [0.25, 0.3) is 11.4 Å². The summed E-state index contributed by atoms with van der Waals surface area (Å²) >= 11 is 0. The summed E-state index contributed by atoms with van der Waals surface area (Å²) < 4.78 is 18.0. The summed E-state index contributed by atoms with van der Waals surface area (Å²) in [5.41, 5.74) is 0.679. The topological polar surface area (TPSA) is 62.5 Å². The van der Waals surface area contributed by atoms with Crippen molar-refractivity contribution in [1.82, 2.24) is 19.9 Å². The van der Waals surface area contributed by atoms with E-state index in [0.717, 1.165) is 0 Å². The number of halogens is 1. The van der Waals surface area contributed by atoms with Crippen molar-refractivity contribution in [2.24, 2.45) is 0 Å². The van der Waals surface area contributed by atoms with Gasteiger partial charge >= 0.3 is 0 Å². The molecule has 1 amide bonds. The second-order valence-electron chi connectivity index (χ2n) is 4.98. The lowest BCUT2D eigenvalue weighted by atomic mass is 10.2. The van der Waals surface area contributed by atoms with E-state index in [4.69, 9.17) is 4.52 Å². The van der Waals surface area contributed by atoms with Gasteiger partial charge in [0.2, 0.25) is 17.6 Å². The number of aromatic nitrogens is 2. The highest BCUT2D eigenvalue weighted by atomic mass is 19.1. The van der Waals surface area contributed by atoms with Crippen LogP contribution in [-0.2, 0) is 11.3 Å². The fourth-order valence-electron chi connectivity index (χ4n) is 1.69. The molecule has 1 heterocycles. The highest BCUT2D eigenvalue weighted by Crippen LogP contribution is 2.16. The molecule has 6 nitrogen and oxygen atoms in total. The molecule has 0 radical (unpaired) electrons. The third-order valence-corrected chi connectivity index (χ3v) is 2.88. The molecule has 1 aromatic carbocycles. The molecule has 0 aliphatic carbocycles. The number of hydrogen-bond donors (Lipinski definition) is 0. The average molecular weight is 292 g/mol. The van der Waals surface area contributed by atoms with Crippen LogP contribution in [0.5, 0.6) is 0 Å². The van der Waals surface area contributed by atoms with Crippen LogP contribution in [-0.4, -0.2) is 53.5 Å². The molecule has 1 aromatic heterocycles. The first kappa shape index (κ1) is 15.1. The SMILES string of the molecule is CN(CC(=O)N(C)C)Cc1nc(-c2ccc(F)cc2)no1. The van der Waals surface area contributed by atoms with E-state index < -0.39 is 0 Å². The van der Waals surface area contributed by atoms with Crippen LogP contribution < -0.4 is 0 Å². The largest absolute Gasteiger partial charge is 0.348 e. The first-order chi connectivity index (χ1) is 9.95. The molecule has 2 rings (SSSR count). The predicted octanol–water partition coefficient (Wildman–Crippen LogP) is 1.40. The van der Waals surface area contributed by atoms with Crippen molar-refractivity contribution in [3.63, 3.8) is 0 Å². The second-order valence-corrected chi connectivity index (χ2v) is 4.98. The van der Waals surface area contributed by atoms with Crippen molar-refractivity contribution in [3.8, 4) is 11.4 Å². The van der Waals surface area contributed by atoms with Gasteiger partial charge in [0.15, 0.2) is 0 Å². The van der Waals surface area contributed by atoms with Gasteiger partial charge in [0, 0.05) is 19.7 Å². The Hall–Kier alpha value is -2.28. The number of benzene rings is 1. The van der Waals surface area contributed by atoms with Crippen molar-refractivity contribution in [3.05, 3.63) is 36.0 Å². The summed E-state index contributed by atoms with van der Waals surface area (Å²) in [7, 11) is 5.20. The van der Waals surface area contributed by atoms with E-state index in [1.807, 2.05) is 0 Å². The lowest BCUT2D eigenvalue weighted by Crippen LogP contribution is -2.34. The third kappa shape index (κ3) is 4.09. The number of hydrogen-bond acceptors (Lipinski definition) is 5. The number of carbonyl (C=O) groups excluding carboxylic acids is 1. The molecule has 0 N–H and O–H groups in total. The highest BCUT2D eigenvalue weighted by molar-refractivity contribution is 5.77. The zero-order chi connectivity index (χ0) is 15.4. The van der Waals surface area contributed by atoms with E-state index in [0.29, 0.717) is 23.8 Å². The van der Waals surface area contributed by atoms with Crippen LogP contribution in [0.4, 0.5) is 4.39 Å². The van der Waals surface area contributed by atoms with Crippen LogP contribution in [0.15, 0.2) is 28.8 Å². The molecule has 0 saturated heterocycles. The second kappa shape index (κ2) is 6.45. The standard InChI is InChI=1S/C14H17FN4O2/c1-18(2)13(20)9-19(3)8-12-16-14(17-21-12)10-4-6-11(15)7-5-10/h4-7H,8-9H2,1-3H3. The van der Waals surface area contributed by atoms with E-state index >= 15 is 0 Å². The molecule has 0 bridgehead atoms. The van der Waals surface area contributed by atoms with Gasteiger partial charge in [-0.05, 0) is 31.3 Å². The van der Waals surface area contributed by atoms with Gasteiger partial charge in [-0.25, -0.2) is 4.39 Å². The first-order valence-electron chi connectivity index (χ1n) is 6.43. The van der Waals surface area contributed by atoms with Gasteiger partial charge in [0.05, 0.1) is 13.1 Å². The van der Waals surface area contributed by atoms with E-state index in [1.54, 1.807) is 38.2 Å². The molecular weight excluding hydrogens is 275 g/mol. The fraction of sp³-hybridized carbons (Fsp3) is 0.357. The minimum atomic E-state index is -0.315. The Balaban J connectivity index is 2.00. The maximum Gasteiger partial charge on any atom is 0.241 e. The number of likely N-dealkylation sites (N-methyl/N-ethyl adjacent to an activating group) is 2. The van der Waals surface area contributed by atoms with Gasteiger partial charge < -0.3 is 9.42 Å². The van der Waals surface area contributed by atoms with Crippen LogP contribution >= 0.6 is 0 Å². The third-order valence-electron chi connectivity index (χ3n) is 2.88. The fourth-order valence-corrected chi connectivity index (χ4v) is 1.69. The number of rotatable bonds is 5. The smallest absolute Gasteiger partial charge is 0.241 e. The van der Waals surface area contributed by atoms with Crippen molar-refractivity contribution >= 4 is 5.91 Å². The zero-order valence-electron chi connectivity index (χ0n) is 12.2. The van der Waals surface area contributed by atoms with Gasteiger partial charge in [-0.15, -0.1) is 0 Å². The van der Waals surface area contributed by atoms with Gasteiger partial charge in [-0.3, -0.25) is 9.69 Å². The highest BCUT2D eigenvalue weighted by Gasteiger charge is 2.13. The van der Waals surface area contributed by atoms with Crippen molar-refractivity contribution in [2.45, 2.75) is 6.54 Å². The summed E-state index contributed by atoms with van der Waals surface area (Å²) in [4.78, 5) is 19.1. The molecule has 2 aromatic rings. The summed E-state index contributed by atoms with van der Waals surface area (Å²) in [6, 6.07) is 5.85. The Morgan fingerprint density at radius 1 is 1.24 bits per heavy atom. The van der Waals surface area contributed by atoms with Crippen molar-refractivity contribution < 1.29 is 13.7 Å². The quantitative estimate of drug-likeness (QED) is 0.833. The number of carbonyl (C=O) groups is 1. The minimum Gasteiger partial charge on any atom is -0.348 e. The summed E-state index contributed by atoms with van der Waals surface area (Å²) in [6.45, 7) is 0.634. The summed E-state index contributed by atoms with van der Waals surface area (Å²) in [6.07, 6.45) is 0. The van der Waals surface area contributed by atoms with E-state index in [-0.39, 0.29) is 18.3 Å². The lowest BCUT2D eigenvalue weighted by molar-refractivity contribution is -0.129. The predicted molar refractivity (Wildman–Crippen MR) is 74.7 cm³/mol. The Bertz CT molecular complexity index is 610. The van der Waals surface area contributed by atoms with E-state index in [2.05, 4.69) is 10.1 Å². The Labute approximate surface area is 122 Å².